The van der Waals surface area contributed by atoms with Gasteiger partial charge in [-0.25, -0.2) is 8.42 Å². The number of anilines is 2. The molecule has 0 heterocycles. The van der Waals surface area contributed by atoms with Crippen LogP contribution in [0.15, 0.2) is 47.4 Å². The van der Waals surface area contributed by atoms with Crippen LogP contribution >= 0.6 is 0 Å². The van der Waals surface area contributed by atoms with Crippen LogP contribution in [0.4, 0.5) is 11.4 Å². The fraction of sp³-hybridized carbons (Fsp3) is 0.639. The van der Waals surface area contributed by atoms with E-state index in [0.29, 0.717) is 17.8 Å². The van der Waals surface area contributed by atoms with Crippen LogP contribution in [0, 0.1) is 13.8 Å². The summed E-state index contributed by atoms with van der Waals surface area (Å²) < 4.78 is 28.4. The van der Waals surface area contributed by atoms with Crippen LogP contribution in [-0.4, -0.2) is 14.3 Å². The summed E-state index contributed by atoms with van der Waals surface area (Å²) in [4.78, 5) is 12.5. The first-order chi connectivity index (χ1) is 20.3. The molecule has 1 amide bonds. The minimum absolute atomic E-state index is 0.0220. The van der Waals surface area contributed by atoms with E-state index in [2.05, 4.69) is 17.0 Å². The lowest BCUT2D eigenvalue weighted by molar-refractivity contribution is -0.116. The van der Waals surface area contributed by atoms with Crippen LogP contribution in [0.1, 0.15) is 146 Å². The van der Waals surface area contributed by atoms with Crippen LogP contribution in [0.3, 0.4) is 0 Å². The first-order valence-corrected chi connectivity index (χ1v) is 18.3. The summed E-state index contributed by atoms with van der Waals surface area (Å²) in [6, 6.07) is 12.0. The number of carbonyl (C=O) groups excluding carboxylic acids is 1. The fourth-order valence-corrected chi connectivity index (χ4v) is 6.68. The van der Waals surface area contributed by atoms with Crippen LogP contribution in [0.25, 0.3) is 0 Å². The Morgan fingerprint density at radius 2 is 1.00 bits per heavy atom. The minimum Gasteiger partial charge on any atom is -0.326 e. The maximum atomic E-state index is 12.8. The largest absolute Gasteiger partial charge is 0.326 e. The van der Waals surface area contributed by atoms with Crippen molar-refractivity contribution in [2.75, 3.05) is 10.0 Å². The number of aryl methyl sites for hydroxylation is 2. The molecule has 0 aliphatic heterocycles. The molecule has 0 saturated heterocycles. The molecular weight excluding hydrogens is 540 g/mol. The Morgan fingerprint density at radius 1 is 0.595 bits per heavy atom. The van der Waals surface area contributed by atoms with E-state index in [1.165, 1.54) is 121 Å². The molecule has 0 spiro atoms. The van der Waals surface area contributed by atoms with E-state index in [9.17, 15) is 13.2 Å². The number of nitrogens with one attached hydrogen (secondary N) is 2. The molecule has 2 rings (SSSR count). The van der Waals surface area contributed by atoms with Crippen molar-refractivity contribution in [1.29, 1.82) is 0 Å². The zero-order valence-corrected chi connectivity index (χ0v) is 27.6. The van der Waals surface area contributed by atoms with Gasteiger partial charge in [0.15, 0.2) is 0 Å². The summed E-state index contributed by atoms with van der Waals surface area (Å²) in [5, 5.41) is 2.89. The Hall–Kier alpha value is -2.34. The number of hydrogen-bond donors (Lipinski definition) is 2. The number of benzene rings is 2. The molecule has 0 aliphatic carbocycles. The molecule has 0 saturated carbocycles. The highest BCUT2D eigenvalue weighted by atomic mass is 32.2. The molecule has 0 bridgehead atoms. The lowest BCUT2D eigenvalue weighted by Crippen LogP contribution is -2.15. The van der Waals surface area contributed by atoms with Crippen LogP contribution in [0.5, 0.6) is 0 Å². The van der Waals surface area contributed by atoms with Crippen molar-refractivity contribution in [2.24, 2.45) is 0 Å². The van der Waals surface area contributed by atoms with Crippen molar-refractivity contribution >= 4 is 27.3 Å². The van der Waals surface area contributed by atoms with Gasteiger partial charge in [0, 0.05) is 12.1 Å². The lowest BCUT2D eigenvalue weighted by Gasteiger charge is -2.13. The highest BCUT2D eigenvalue weighted by Gasteiger charge is 2.16. The Labute approximate surface area is 257 Å². The number of rotatable bonds is 24. The van der Waals surface area contributed by atoms with Crippen LogP contribution in [-0.2, 0) is 14.8 Å². The predicted molar refractivity (Wildman–Crippen MR) is 180 cm³/mol. The molecule has 42 heavy (non-hydrogen) atoms. The summed E-state index contributed by atoms with van der Waals surface area (Å²) in [7, 11) is -3.71. The van der Waals surface area contributed by atoms with Gasteiger partial charge in [0.25, 0.3) is 10.0 Å². The SMILES string of the molecule is CCCCCCCCCCCCCCCCCCCCCC(=O)Nc1ccc(S(=O)(=O)Nc2c(C)cccc2C)cc1. The average Bonchev–Trinajstić information content (AvgIpc) is 2.96. The minimum atomic E-state index is -3.71. The van der Waals surface area contributed by atoms with E-state index < -0.39 is 10.0 Å². The number of sulfonamides is 1. The van der Waals surface area contributed by atoms with E-state index in [4.69, 9.17) is 0 Å². The Bertz CT molecular complexity index is 1090. The maximum absolute atomic E-state index is 12.8. The summed E-state index contributed by atoms with van der Waals surface area (Å²) in [6.45, 7) is 6.04. The van der Waals surface area contributed by atoms with Crippen molar-refractivity contribution in [3.8, 4) is 0 Å². The van der Waals surface area contributed by atoms with Gasteiger partial charge < -0.3 is 5.32 Å². The molecule has 5 nitrogen and oxygen atoms in total. The number of hydrogen-bond acceptors (Lipinski definition) is 3. The monoisotopic (exact) mass is 598 g/mol. The van der Waals surface area contributed by atoms with Crippen LogP contribution < -0.4 is 10.0 Å². The zero-order chi connectivity index (χ0) is 30.5. The maximum Gasteiger partial charge on any atom is 0.261 e. The Balaban J connectivity index is 1.46. The molecule has 236 valence electrons. The quantitative estimate of drug-likeness (QED) is 0.118. The molecule has 0 radical (unpaired) electrons. The number of amides is 1. The van der Waals surface area contributed by atoms with Crippen molar-refractivity contribution in [2.45, 2.75) is 154 Å². The average molecular weight is 599 g/mol. The summed E-state index contributed by atoms with van der Waals surface area (Å²) in [5.74, 6) is -0.0220. The molecule has 0 aliphatic rings. The van der Waals surface area contributed by atoms with Gasteiger partial charge in [-0.2, -0.15) is 0 Å². The topological polar surface area (TPSA) is 75.3 Å². The van der Waals surface area contributed by atoms with E-state index in [-0.39, 0.29) is 10.8 Å². The molecule has 0 aromatic heterocycles. The van der Waals surface area contributed by atoms with Gasteiger partial charge in [0.05, 0.1) is 10.6 Å². The van der Waals surface area contributed by atoms with Crippen molar-refractivity contribution in [3.05, 3.63) is 53.6 Å². The second kappa shape index (κ2) is 21.4. The molecule has 0 fully saturated rings. The Kier molecular flexibility index (Phi) is 18.2. The molecule has 6 heteroatoms. The van der Waals surface area contributed by atoms with Crippen molar-refractivity contribution in [1.82, 2.24) is 0 Å². The van der Waals surface area contributed by atoms with Gasteiger partial charge in [-0.15, -0.1) is 0 Å². The third-order valence-corrected chi connectivity index (χ3v) is 9.54. The fourth-order valence-electron chi connectivity index (χ4n) is 5.47. The van der Waals surface area contributed by atoms with Gasteiger partial charge >= 0.3 is 0 Å². The molecule has 2 aromatic carbocycles. The van der Waals surface area contributed by atoms with Gasteiger partial charge in [0.1, 0.15) is 0 Å². The van der Waals surface area contributed by atoms with Gasteiger partial charge in [0.2, 0.25) is 5.91 Å². The molecular formula is C36H58N2O3S. The summed E-state index contributed by atoms with van der Waals surface area (Å²) >= 11 is 0. The summed E-state index contributed by atoms with van der Waals surface area (Å²) in [6.07, 6.45) is 25.8. The third-order valence-electron chi connectivity index (χ3n) is 8.17. The number of unbranched alkanes of at least 4 members (excludes halogenated alkanes) is 18. The molecule has 2 N–H and O–H groups in total. The lowest BCUT2D eigenvalue weighted by atomic mass is 10.0. The van der Waals surface area contributed by atoms with Gasteiger partial charge in [-0.3, -0.25) is 9.52 Å². The number of para-hydroxylation sites is 1. The summed E-state index contributed by atoms with van der Waals surface area (Å²) in [5.41, 5.74) is 2.97. The molecule has 2 aromatic rings. The smallest absolute Gasteiger partial charge is 0.261 e. The van der Waals surface area contributed by atoms with E-state index in [1.807, 2.05) is 32.0 Å². The van der Waals surface area contributed by atoms with Crippen molar-refractivity contribution < 1.29 is 13.2 Å². The van der Waals surface area contributed by atoms with E-state index in [1.54, 1.807) is 12.1 Å². The first kappa shape index (κ1) is 35.9. The zero-order valence-electron chi connectivity index (χ0n) is 26.8. The number of carbonyl (C=O) groups is 1. The third kappa shape index (κ3) is 15.2. The second-order valence-corrected chi connectivity index (χ2v) is 13.7. The van der Waals surface area contributed by atoms with E-state index in [0.717, 1.165) is 24.0 Å². The molecule has 0 unspecified atom stereocenters. The van der Waals surface area contributed by atoms with Gasteiger partial charge in [-0.1, -0.05) is 141 Å². The van der Waals surface area contributed by atoms with E-state index >= 15 is 0 Å². The predicted octanol–water partition coefficient (Wildman–Crippen LogP) is 10.9. The normalized spacial score (nSPS) is 11.5. The van der Waals surface area contributed by atoms with Crippen molar-refractivity contribution in [3.63, 3.8) is 0 Å². The highest BCUT2D eigenvalue weighted by Crippen LogP contribution is 2.24. The highest BCUT2D eigenvalue weighted by molar-refractivity contribution is 7.92. The first-order valence-electron chi connectivity index (χ1n) is 16.8. The second-order valence-electron chi connectivity index (χ2n) is 12.1. The standard InChI is InChI=1S/C36H58N2O3S/c1-4-5-6-7-8-9-10-11-12-13-14-15-16-17-18-19-20-21-22-26-35(39)37-33-27-29-34(30-28-33)42(40,41)38-36-31(2)24-23-25-32(36)3/h23-25,27-30,38H,4-22,26H2,1-3H3,(H,37,39). The Morgan fingerprint density at radius 3 is 1.43 bits per heavy atom. The van der Waals surface area contributed by atoms with Gasteiger partial charge in [-0.05, 0) is 55.7 Å². The van der Waals surface area contributed by atoms with Crippen LogP contribution in [0.2, 0.25) is 0 Å². The molecule has 0 atom stereocenters.